The maximum absolute atomic E-state index is 15.0. The normalized spacial score (nSPS) is 13.9. The van der Waals surface area contributed by atoms with Crippen molar-refractivity contribution in [3.05, 3.63) is 39.2 Å². The molecule has 0 fully saturated rings. The molecule has 35 heavy (non-hydrogen) atoms. The van der Waals surface area contributed by atoms with Gasteiger partial charge in [0.15, 0.2) is 10.6 Å². The number of hydrogen-bond acceptors (Lipinski definition) is 6. The highest BCUT2D eigenvalue weighted by Gasteiger charge is 2.53. The molecule has 2 aromatic rings. The molecule has 0 radical (unpaired) electrons. The molecule has 1 heterocycles. The molecule has 1 aromatic carbocycles. The van der Waals surface area contributed by atoms with Gasteiger partial charge in [-0.05, 0) is 34.6 Å². The third-order valence-electron chi connectivity index (χ3n) is 5.16. The van der Waals surface area contributed by atoms with E-state index in [4.69, 9.17) is 11.6 Å². The van der Waals surface area contributed by atoms with E-state index in [1.165, 1.54) is 18.7 Å². The van der Waals surface area contributed by atoms with Crippen molar-refractivity contribution in [2.45, 2.75) is 52.0 Å². The van der Waals surface area contributed by atoms with E-state index in [-0.39, 0.29) is 27.7 Å². The molecule has 7 nitrogen and oxygen atoms in total. The smallest absolute Gasteiger partial charge is 0.389 e. The fourth-order valence-electron chi connectivity index (χ4n) is 3.03. The van der Waals surface area contributed by atoms with Crippen molar-refractivity contribution in [3.63, 3.8) is 0 Å². The number of benzene rings is 1. The largest absolute Gasteiger partial charge is 0.421 e. The number of amides is 2. The number of aromatic nitrogens is 1. The zero-order valence-corrected chi connectivity index (χ0v) is 21.3. The summed E-state index contributed by atoms with van der Waals surface area (Å²) in [4.78, 5) is 31.2. The summed E-state index contributed by atoms with van der Waals surface area (Å²) in [5.41, 5.74) is -6.24. The summed E-state index contributed by atoms with van der Waals surface area (Å²) in [6.45, 7) is 7.22. The number of halogens is 5. The van der Waals surface area contributed by atoms with Crippen molar-refractivity contribution < 1.29 is 37.4 Å². The van der Waals surface area contributed by atoms with E-state index >= 15 is 4.39 Å². The highest BCUT2D eigenvalue weighted by Crippen LogP contribution is 2.44. The Bertz CT molecular complexity index is 1110. The summed E-state index contributed by atoms with van der Waals surface area (Å²) in [6.07, 6.45) is -5.18. The fraction of sp³-hybridized carbons (Fsp3) is 0.500. The second-order valence-corrected chi connectivity index (χ2v) is 9.90. The summed E-state index contributed by atoms with van der Waals surface area (Å²) < 4.78 is 54.8. The summed E-state index contributed by atoms with van der Waals surface area (Å²) in [5.74, 6) is -2.83. The molecule has 0 aliphatic carbocycles. The Morgan fingerprint density at radius 3 is 2.20 bits per heavy atom. The van der Waals surface area contributed by atoms with Gasteiger partial charge in [-0.3, -0.25) is 9.59 Å². The van der Waals surface area contributed by atoms with Crippen molar-refractivity contribution in [2.75, 3.05) is 19.6 Å². The molecule has 2 rings (SSSR count). The maximum Gasteiger partial charge on any atom is 0.421 e. The van der Waals surface area contributed by atoms with Crippen LogP contribution in [0.15, 0.2) is 12.1 Å². The Morgan fingerprint density at radius 2 is 1.71 bits per heavy atom. The van der Waals surface area contributed by atoms with Crippen LogP contribution in [0.1, 0.15) is 60.5 Å². The van der Waals surface area contributed by atoms with Crippen LogP contribution >= 0.6 is 22.9 Å². The van der Waals surface area contributed by atoms with Gasteiger partial charge in [0.1, 0.15) is 11.5 Å². The lowest BCUT2D eigenvalue weighted by molar-refractivity contribution is -0.259. The van der Waals surface area contributed by atoms with Crippen LogP contribution in [-0.4, -0.2) is 63.3 Å². The lowest BCUT2D eigenvalue weighted by Gasteiger charge is -2.27. The van der Waals surface area contributed by atoms with Gasteiger partial charge in [-0.15, -0.1) is 11.3 Å². The topological polar surface area (TPSA) is 103 Å². The van der Waals surface area contributed by atoms with Gasteiger partial charge >= 0.3 is 6.18 Å². The number of rotatable bonds is 8. The highest BCUT2D eigenvalue weighted by molar-refractivity contribution is 7.17. The molecule has 0 aliphatic rings. The van der Waals surface area contributed by atoms with Gasteiger partial charge < -0.3 is 20.4 Å². The van der Waals surface area contributed by atoms with Gasteiger partial charge in [0.2, 0.25) is 0 Å². The average Bonchev–Trinajstić information content (AvgIpc) is 3.18. The van der Waals surface area contributed by atoms with Crippen molar-refractivity contribution in [1.29, 1.82) is 0 Å². The maximum atomic E-state index is 15.0. The Balaban J connectivity index is 2.67. The lowest BCUT2D eigenvalue weighted by Crippen LogP contribution is -2.40. The molecule has 1 unspecified atom stereocenters. The molecule has 13 heteroatoms. The number of alkyl halides is 3. The Labute approximate surface area is 208 Å². The number of carbonyl (C=O) groups excluding carboxylic acids is 2. The predicted octanol–water partition coefficient (Wildman–Crippen LogP) is 4.36. The zero-order valence-electron chi connectivity index (χ0n) is 19.7. The summed E-state index contributed by atoms with van der Waals surface area (Å²) in [6, 6.07) is 1.76. The first kappa shape index (κ1) is 29.0. The van der Waals surface area contributed by atoms with Crippen LogP contribution in [0.3, 0.4) is 0 Å². The minimum atomic E-state index is -5.18. The molecule has 1 atom stereocenters. The van der Waals surface area contributed by atoms with Crippen LogP contribution < -0.4 is 5.32 Å². The first-order valence-corrected chi connectivity index (χ1v) is 11.7. The van der Waals surface area contributed by atoms with Gasteiger partial charge in [-0.25, -0.2) is 9.37 Å². The van der Waals surface area contributed by atoms with Crippen LogP contribution in [0.5, 0.6) is 0 Å². The Hall–Kier alpha value is -2.28. The predicted molar refractivity (Wildman–Crippen MR) is 124 cm³/mol. The van der Waals surface area contributed by atoms with E-state index in [1.807, 2.05) is 0 Å². The van der Waals surface area contributed by atoms with E-state index in [2.05, 4.69) is 10.3 Å². The second-order valence-electron chi connectivity index (χ2n) is 8.53. The molecular formula is C22H26ClF4N3O4S. The van der Waals surface area contributed by atoms with E-state index in [0.29, 0.717) is 31.4 Å². The molecule has 0 bridgehead atoms. The van der Waals surface area contributed by atoms with Crippen LogP contribution in [0.4, 0.5) is 17.6 Å². The van der Waals surface area contributed by atoms with Crippen LogP contribution in [0.25, 0.3) is 10.4 Å². The molecule has 2 amide bonds. The van der Waals surface area contributed by atoms with Crippen molar-refractivity contribution >= 4 is 34.8 Å². The summed E-state index contributed by atoms with van der Waals surface area (Å²) in [5, 5.41) is 21.2. The molecule has 0 aliphatic heterocycles. The standard InChI is InChI=1S/C22H26ClF4N3O4S/c1-6-30(7-2)19(32)15-16(35-18(29-15)17(31)28-10-20(3,4)33)11-8-9-12(14(24)13(11)23)21(5,34)22(25,26)27/h8-9,33-34H,6-7,10H2,1-5H3,(H,28,31). The Morgan fingerprint density at radius 1 is 1.14 bits per heavy atom. The van der Waals surface area contributed by atoms with E-state index in [1.54, 1.807) is 13.8 Å². The molecule has 194 valence electrons. The monoisotopic (exact) mass is 539 g/mol. The van der Waals surface area contributed by atoms with Gasteiger partial charge in [0, 0.05) is 30.8 Å². The molecule has 0 saturated heterocycles. The fourth-order valence-corrected chi connectivity index (χ4v) is 4.35. The van der Waals surface area contributed by atoms with Crippen molar-refractivity contribution in [1.82, 2.24) is 15.2 Å². The number of hydrogen-bond donors (Lipinski definition) is 3. The van der Waals surface area contributed by atoms with Gasteiger partial charge in [0.25, 0.3) is 11.8 Å². The molecule has 1 aromatic heterocycles. The van der Waals surface area contributed by atoms with E-state index < -0.39 is 45.6 Å². The van der Waals surface area contributed by atoms with Crippen molar-refractivity contribution in [2.24, 2.45) is 0 Å². The molecule has 0 spiro atoms. The van der Waals surface area contributed by atoms with E-state index in [9.17, 15) is 33.0 Å². The second kappa shape index (κ2) is 10.4. The molecule has 3 N–H and O–H groups in total. The first-order valence-electron chi connectivity index (χ1n) is 10.5. The number of thiazole rings is 1. The number of nitrogens with zero attached hydrogens (tertiary/aromatic N) is 2. The van der Waals surface area contributed by atoms with Crippen LogP contribution in [-0.2, 0) is 5.60 Å². The third kappa shape index (κ3) is 6.11. The first-order chi connectivity index (χ1) is 16.0. The number of carbonyl (C=O) groups is 2. The van der Waals surface area contributed by atoms with Crippen LogP contribution in [0.2, 0.25) is 5.02 Å². The van der Waals surface area contributed by atoms with Gasteiger partial charge in [0.05, 0.1) is 15.5 Å². The van der Waals surface area contributed by atoms with Gasteiger partial charge in [-0.2, -0.15) is 13.2 Å². The van der Waals surface area contributed by atoms with Crippen LogP contribution in [0, 0.1) is 5.82 Å². The van der Waals surface area contributed by atoms with Gasteiger partial charge in [-0.1, -0.05) is 23.7 Å². The zero-order chi connectivity index (χ0) is 26.9. The lowest BCUT2D eigenvalue weighted by atomic mass is 9.93. The molecule has 0 saturated carbocycles. The number of aliphatic hydroxyl groups is 2. The van der Waals surface area contributed by atoms with E-state index in [0.717, 1.165) is 12.1 Å². The highest BCUT2D eigenvalue weighted by atomic mass is 35.5. The SMILES string of the molecule is CCN(CC)C(=O)c1nc(C(=O)NCC(C)(C)O)sc1-c1ccc(C(C)(O)C(F)(F)F)c(F)c1Cl. The number of nitrogens with one attached hydrogen (secondary N) is 1. The third-order valence-corrected chi connectivity index (χ3v) is 6.62. The minimum absolute atomic E-state index is 0.0302. The summed E-state index contributed by atoms with van der Waals surface area (Å²) >= 11 is 6.78. The molecular weight excluding hydrogens is 514 g/mol. The quantitative estimate of drug-likeness (QED) is 0.433. The average molecular weight is 540 g/mol. The Kier molecular flexibility index (Phi) is 8.58. The summed E-state index contributed by atoms with van der Waals surface area (Å²) in [7, 11) is 0. The van der Waals surface area contributed by atoms with Crippen molar-refractivity contribution in [3.8, 4) is 10.4 Å². The minimum Gasteiger partial charge on any atom is -0.389 e.